The normalized spacial score (nSPS) is 12.6. The largest absolute Gasteiger partial charge is 0.444 e. The molecule has 0 saturated carbocycles. The van der Waals surface area contributed by atoms with Gasteiger partial charge in [-0.05, 0) is 55.1 Å². The fourth-order valence-electron chi connectivity index (χ4n) is 1.76. The third-order valence-corrected chi connectivity index (χ3v) is 3.15. The van der Waals surface area contributed by atoms with Crippen LogP contribution in [0.1, 0.15) is 48.5 Å². The number of nitrogens with zero attached hydrogens (tertiary/aromatic N) is 2. The van der Waals surface area contributed by atoms with Gasteiger partial charge in [0.1, 0.15) is 5.60 Å². The van der Waals surface area contributed by atoms with Gasteiger partial charge in [0.15, 0.2) is 0 Å². The van der Waals surface area contributed by atoms with Crippen molar-refractivity contribution in [1.82, 2.24) is 15.1 Å². The van der Waals surface area contributed by atoms with Gasteiger partial charge in [-0.2, -0.15) is 0 Å². The van der Waals surface area contributed by atoms with Crippen molar-refractivity contribution in [3.63, 3.8) is 0 Å². The molecule has 0 rings (SSSR count). The van der Waals surface area contributed by atoms with E-state index in [4.69, 9.17) is 4.74 Å². The van der Waals surface area contributed by atoms with E-state index >= 15 is 0 Å². The minimum atomic E-state index is -0.460. The van der Waals surface area contributed by atoms with Crippen LogP contribution in [0.4, 0.5) is 4.79 Å². The van der Waals surface area contributed by atoms with E-state index < -0.39 is 5.60 Å². The molecule has 1 amide bonds. The molecule has 21 heavy (non-hydrogen) atoms. The molecule has 1 N–H and O–H groups in total. The standard InChI is InChI=1S/C16H35N3O2/c1-9-18(8)12-10-17-11-13-19(15(2,3)4)14(20)21-16(5,6)7/h17H,9-13H2,1-8H3. The van der Waals surface area contributed by atoms with Crippen molar-refractivity contribution < 1.29 is 9.53 Å². The van der Waals surface area contributed by atoms with Crippen LogP contribution in [-0.2, 0) is 4.74 Å². The summed E-state index contributed by atoms with van der Waals surface area (Å²) in [5.41, 5.74) is -0.706. The molecule has 0 aliphatic rings. The smallest absolute Gasteiger partial charge is 0.410 e. The predicted molar refractivity (Wildman–Crippen MR) is 88.7 cm³/mol. The first-order valence-corrected chi connectivity index (χ1v) is 7.87. The molecule has 0 radical (unpaired) electrons. The van der Waals surface area contributed by atoms with Gasteiger partial charge in [0.05, 0.1) is 0 Å². The van der Waals surface area contributed by atoms with Crippen LogP contribution in [-0.4, -0.2) is 66.8 Å². The third-order valence-electron chi connectivity index (χ3n) is 3.15. The van der Waals surface area contributed by atoms with Crippen molar-refractivity contribution in [2.45, 2.75) is 59.6 Å². The van der Waals surface area contributed by atoms with Crippen molar-refractivity contribution >= 4 is 6.09 Å². The molecule has 0 aromatic heterocycles. The van der Waals surface area contributed by atoms with Gasteiger partial charge in [0.25, 0.3) is 0 Å². The molecular formula is C16H35N3O2. The van der Waals surface area contributed by atoms with Crippen molar-refractivity contribution in [2.75, 3.05) is 39.8 Å². The summed E-state index contributed by atoms with van der Waals surface area (Å²) < 4.78 is 5.49. The molecule has 0 spiro atoms. The number of carbonyl (C=O) groups excluding carboxylic acids is 1. The maximum Gasteiger partial charge on any atom is 0.410 e. The summed E-state index contributed by atoms with van der Waals surface area (Å²) in [6.45, 7) is 18.3. The molecule has 0 saturated heterocycles. The van der Waals surface area contributed by atoms with E-state index in [1.165, 1.54) is 0 Å². The van der Waals surface area contributed by atoms with E-state index in [1.807, 2.05) is 41.5 Å². The number of amides is 1. The van der Waals surface area contributed by atoms with Crippen molar-refractivity contribution in [3.05, 3.63) is 0 Å². The number of hydrogen-bond acceptors (Lipinski definition) is 4. The van der Waals surface area contributed by atoms with Crippen LogP contribution in [0.5, 0.6) is 0 Å². The average Bonchev–Trinajstić information content (AvgIpc) is 2.28. The Kier molecular flexibility index (Phi) is 8.26. The zero-order valence-electron chi connectivity index (χ0n) is 15.2. The van der Waals surface area contributed by atoms with Crippen LogP contribution in [0.25, 0.3) is 0 Å². The monoisotopic (exact) mass is 301 g/mol. The number of carbonyl (C=O) groups is 1. The minimum Gasteiger partial charge on any atom is -0.444 e. The molecule has 0 aliphatic heterocycles. The lowest BCUT2D eigenvalue weighted by Crippen LogP contribution is -2.50. The topological polar surface area (TPSA) is 44.8 Å². The predicted octanol–water partition coefficient (Wildman–Crippen LogP) is 2.56. The third kappa shape index (κ3) is 9.69. The summed E-state index contributed by atoms with van der Waals surface area (Å²) in [4.78, 5) is 16.3. The van der Waals surface area contributed by atoms with Gasteiger partial charge in [0, 0.05) is 31.7 Å². The van der Waals surface area contributed by atoms with Gasteiger partial charge in [-0.1, -0.05) is 6.92 Å². The Morgan fingerprint density at radius 3 is 2.00 bits per heavy atom. The Morgan fingerprint density at radius 2 is 1.57 bits per heavy atom. The highest BCUT2D eigenvalue weighted by atomic mass is 16.6. The van der Waals surface area contributed by atoms with E-state index in [9.17, 15) is 4.79 Å². The van der Waals surface area contributed by atoms with Crippen LogP contribution in [0, 0.1) is 0 Å². The first-order valence-electron chi connectivity index (χ1n) is 7.87. The lowest BCUT2D eigenvalue weighted by molar-refractivity contribution is 0.00664. The highest BCUT2D eigenvalue weighted by Crippen LogP contribution is 2.17. The van der Waals surface area contributed by atoms with Crippen LogP contribution in [0.2, 0.25) is 0 Å². The summed E-state index contributed by atoms with van der Waals surface area (Å²) >= 11 is 0. The zero-order valence-corrected chi connectivity index (χ0v) is 15.2. The van der Waals surface area contributed by atoms with Crippen molar-refractivity contribution in [2.24, 2.45) is 0 Å². The number of likely N-dealkylation sites (N-methyl/N-ethyl adjacent to an activating group) is 1. The van der Waals surface area contributed by atoms with Gasteiger partial charge in [-0.3, -0.25) is 0 Å². The minimum absolute atomic E-state index is 0.246. The Balaban J connectivity index is 4.31. The SMILES string of the molecule is CCN(C)CCNCCN(C(=O)OC(C)(C)C)C(C)(C)C. The van der Waals surface area contributed by atoms with Gasteiger partial charge < -0.3 is 19.9 Å². The summed E-state index contributed by atoms with van der Waals surface area (Å²) in [5.74, 6) is 0. The highest BCUT2D eigenvalue weighted by Gasteiger charge is 2.30. The molecule has 0 unspecified atom stereocenters. The molecule has 5 heteroatoms. The maximum absolute atomic E-state index is 12.3. The molecule has 0 atom stereocenters. The molecule has 5 nitrogen and oxygen atoms in total. The van der Waals surface area contributed by atoms with E-state index in [0.717, 1.165) is 26.2 Å². The lowest BCUT2D eigenvalue weighted by atomic mass is 10.1. The Bertz CT molecular complexity index is 306. The molecule has 0 bridgehead atoms. The first-order chi connectivity index (χ1) is 9.47. The fourth-order valence-corrected chi connectivity index (χ4v) is 1.76. The summed E-state index contributed by atoms with van der Waals surface area (Å²) in [5, 5.41) is 3.38. The summed E-state index contributed by atoms with van der Waals surface area (Å²) in [6, 6.07) is 0. The zero-order chi connectivity index (χ0) is 16.7. The summed E-state index contributed by atoms with van der Waals surface area (Å²) in [6.07, 6.45) is -0.248. The second kappa shape index (κ2) is 8.59. The maximum atomic E-state index is 12.3. The number of ether oxygens (including phenoxy) is 1. The lowest BCUT2D eigenvalue weighted by Gasteiger charge is -2.37. The number of nitrogens with one attached hydrogen (secondary N) is 1. The van der Waals surface area contributed by atoms with Crippen LogP contribution < -0.4 is 5.32 Å². The number of hydrogen-bond donors (Lipinski definition) is 1. The van der Waals surface area contributed by atoms with E-state index in [0.29, 0.717) is 6.54 Å². The first kappa shape index (κ1) is 20.2. The van der Waals surface area contributed by atoms with Gasteiger partial charge >= 0.3 is 6.09 Å². The molecule has 0 fully saturated rings. The molecule has 0 aliphatic carbocycles. The van der Waals surface area contributed by atoms with E-state index in [2.05, 4.69) is 24.2 Å². The van der Waals surface area contributed by atoms with Crippen molar-refractivity contribution in [1.29, 1.82) is 0 Å². The molecule has 0 aromatic rings. The Labute approximate surface area is 131 Å². The second-order valence-corrected chi connectivity index (χ2v) is 7.45. The average molecular weight is 301 g/mol. The molecule has 0 aromatic carbocycles. The highest BCUT2D eigenvalue weighted by molar-refractivity contribution is 5.69. The van der Waals surface area contributed by atoms with E-state index in [1.54, 1.807) is 4.90 Å². The molecule has 0 heterocycles. The Hall–Kier alpha value is -0.810. The van der Waals surface area contributed by atoms with Crippen molar-refractivity contribution in [3.8, 4) is 0 Å². The van der Waals surface area contributed by atoms with Crippen LogP contribution in [0.3, 0.4) is 0 Å². The van der Waals surface area contributed by atoms with Crippen LogP contribution in [0.15, 0.2) is 0 Å². The molecular weight excluding hydrogens is 266 g/mol. The van der Waals surface area contributed by atoms with Gasteiger partial charge in [-0.15, -0.1) is 0 Å². The quantitative estimate of drug-likeness (QED) is 0.734. The summed E-state index contributed by atoms with van der Waals surface area (Å²) in [7, 11) is 2.10. The fraction of sp³-hybridized carbons (Fsp3) is 0.938. The number of rotatable bonds is 7. The van der Waals surface area contributed by atoms with Gasteiger partial charge in [0.2, 0.25) is 0 Å². The van der Waals surface area contributed by atoms with Gasteiger partial charge in [-0.25, -0.2) is 4.79 Å². The second-order valence-electron chi connectivity index (χ2n) is 7.45. The van der Waals surface area contributed by atoms with Crippen LogP contribution >= 0.6 is 0 Å². The van der Waals surface area contributed by atoms with E-state index in [-0.39, 0.29) is 11.6 Å². The Morgan fingerprint density at radius 1 is 1.05 bits per heavy atom. The molecule has 126 valence electrons.